The average Bonchev–Trinajstić information content (AvgIpc) is 2.96. The van der Waals surface area contributed by atoms with Crippen LogP contribution in [0.3, 0.4) is 0 Å². The van der Waals surface area contributed by atoms with Crippen LogP contribution in [0.5, 0.6) is 0 Å². The average molecular weight is 330 g/mol. The lowest BCUT2D eigenvalue weighted by atomic mass is 9.93. The molecular weight excluding hydrogens is 300 g/mol. The maximum Gasteiger partial charge on any atom is 0.225 e. The number of rotatable bonds is 5. The highest BCUT2D eigenvalue weighted by molar-refractivity contribution is 5.78. The highest BCUT2D eigenvalue weighted by atomic mass is 16.3. The van der Waals surface area contributed by atoms with E-state index in [1.54, 1.807) is 0 Å². The molecule has 3 rings (SSSR count). The number of piperidine rings is 1. The molecule has 24 heavy (non-hydrogen) atoms. The minimum absolute atomic E-state index is 0.157. The summed E-state index contributed by atoms with van der Waals surface area (Å²) >= 11 is 0. The molecule has 2 aliphatic rings. The van der Waals surface area contributed by atoms with Crippen molar-refractivity contribution in [3.05, 3.63) is 35.4 Å². The van der Waals surface area contributed by atoms with E-state index in [0.29, 0.717) is 5.91 Å². The molecule has 0 aromatic heterocycles. The molecule has 0 radical (unpaired) electrons. The van der Waals surface area contributed by atoms with Crippen LogP contribution in [0.15, 0.2) is 24.3 Å². The molecule has 0 spiro atoms. The van der Waals surface area contributed by atoms with Crippen LogP contribution < -0.4 is 0 Å². The fourth-order valence-electron chi connectivity index (χ4n) is 4.18. The molecule has 1 aliphatic heterocycles. The first-order valence-electron chi connectivity index (χ1n) is 9.36. The molecule has 1 aromatic rings. The van der Waals surface area contributed by atoms with Gasteiger partial charge in [0.15, 0.2) is 0 Å². The standard InChI is InChI=1S/C20H30N2O2/c1-3-4-11-21(2)20(24)15-9-12-22(13-10-15)18-14-16-7-5-6-8-17(16)19(18)23/h5-8,15,18-19,23H,3-4,9-14H2,1-2H3/t18-,19-/m0/s1. The number of likely N-dealkylation sites (tertiary alicyclic amines) is 1. The topological polar surface area (TPSA) is 43.8 Å². The second-order valence-electron chi connectivity index (χ2n) is 7.34. The largest absolute Gasteiger partial charge is 0.387 e. The lowest BCUT2D eigenvalue weighted by molar-refractivity contribution is -0.136. The number of carbonyl (C=O) groups excluding carboxylic acids is 1. The Hall–Kier alpha value is -1.39. The Morgan fingerprint density at radius 1 is 1.29 bits per heavy atom. The zero-order chi connectivity index (χ0) is 17.1. The molecule has 1 heterocycles. The summed E-state index contributed by atoms with van der Waals surface area (Å²) in [5, 5.41) is 10.6. The van der Waals surface area contributed by atoms with Gasteiger partial charge in [-0.1, -0.05) is 37.6 Å². The molecule has 1 fully saturated rings. The van der Waals surface area contributed by atoms with Crippen molar-refractivity contribution in [2.75, 3.05) is 26.7 Å². The second-order valence-corrected chi connectivity index (χ2v) is 7.34. The van der Waals surface area contributed by atoms with Gasteiger partial charge in [0.1, 0.15) is 0 Å². The minimum atomic E-state index is -0.388. The monoisotopic (exact) mass is 330 g/mol. The SMILES string of the molecule is CCCCN(C)C(=O)C1CCN([C@H]2Cc3ccccc3[C@@H]2O)CC1. The number of fused-ring (bicyclic) bond motifs is 1. The van der Waals surface area contributed by atoms with Crippen molar-refractivity contribution in [1.29, 1.82) is 0 Å². The van der Waals surface area contributed by atoms with Crippen LogP contribution in [0.1, 0.15) is 49.8 Å². The minimum Gasteiger partial charge on any atom is -0.387 e. The van der Waals surface area contributed by atoms with E-state index in [4.69, 9.17) is 0 Å². The predicted molar refractivity (Wildman–Crippen MR) is 95.7 cm³/mol. The van der Waals surface area contributed by atoms with Gasteiger partial charge in [-0.2, -0.15) is 0 Å². The number of amides is 1. The van der Waals surface area contributed by atoms with Crippen molar-refractivity contribution < 1.29 is 9.90 Å². The lowest BCUT2D eigenvalue weighted by Crippen LogP contribution is -2.46. The number of benzene rings is 1. The van der Waals surface area contributed by atoms with E-state index in [9.17, 15) is 9.90 Å². The van der Waals surface area contributed by atoms with Gasteiger partial charge in [-0.15, -0.1) is 0 Å². The first kappa shape index (κ1) is 17.4. The zero-order valence-corrected chi connectivity index (χ0v) is 14.9. The van der Waals surface area contributed by atoms with Crippen LogP contribution >= 0.6 is 0 Å². The predicted octanol–water partition coefficient (Wildman–Crippen LogP) is 2.62. The van der Waals surface area contributed by atoms with Gasteiger partial charge in [-0.25, -0.2) is 0 Å². The van der Waals surface area contributed by atoms with E-state index in [1.807, 2.05) is 30.1 Å². The fourth-order valence-corrected chi connectivity index (χ4v) is 4.18. The lowest BCUT2D eigenvalue weighted by Gasteiger charge is -2.37. The van der Waals surface area contributed by atoms with Gasteiger partial charge in [0.25, 0.3) is 0 Å². The van der Waals surface area contributed by atoms with Crippen LogP contribution in [0.2, 0.25) is 0 Å². The molecule has 0 unspecified atom stereocenters. The van der Waals surface area contributed by atoms with Crippen molar-refractivity contribution in [1.82, 2.24) is 9.80 Å². The Balaban J connectivity index is 1.54. The summed E-state index contributed by atoms with van der Waals surface area (Å²) in [6, 6.07) is 8.39. The van der Waals surface area contributed by atoms with E-state index < -0.39 is 0 Å². The number of aliphatic hydroxyl groups excluding tert-OH is 1. The third-order valence-corrected chi connectivity index (χ3v) is 5.74. The van der Waals surface area contributed by atoms with E-state index in [1.165, 1.54) is 5.56 Å². The fraction of sp³-hybridized carbons (Fsp3) is 0.650. The van der Waals surface area contributed by atoms with E-state index in [0.717, 1.165) is 57.3 Å². The number of carbonyl (C=O) groups is 1. The van der Waals surface area contributed by atoms with Gasteiger partial charge < -0.3 is 10.0 Å². The molecule has 4 nitrogen and oxygen atoms in total. The normalized spacial score (nSPS) is 24.8. The van der Waals surface area contributed by atoms with E-state index in [2.05, 4.69) is 17.9 Å². The number of aliphatic hydroxyl groups is 1. The van der Waals surface area contributed by atoms with Gasteiger partial charge in [0, 0.05) is 25.6 Å². The van der Waals surface area contributed by atoms with Crippen molar-refractivity contribution in [2.45, 2.75) is 51.2 Å². The first-order valence-corrected chi connectivity index (χ1v) is 9.36. The summed E-state index contributed by atoms with van der Waals surface area (Å²) in [6.45, 7) is 4.84. The van der Waals surface area contributed by atoms with Crippen LogP contribution in [-0.4, -0.2) is 53.5 Å². The molecule has 2 atom stereocenters. The van der Waals surface area contributed by atoms with E-state index >= 15 is 0 Å². The quantitative estimate of drug-likeness (QED) is 0.902. The van der Waals surface area contributed by atoms with Gasteiger partial charge >= 0.3 is 0 Å². The summed E-state index contributed by atoms with van der Waals surface area (Å²) in [4.78, 5) is 16.8. The van der Waals surface area contributed by atoms with Gasteiger partial charge in [0.2, 0.25) is 5.91 Å². The molecule has 1 N–H and O–H groups in total. The van der Waals surface area contributed by atoms with Crippen molar-refractivity contribution >= 4 is 5.91 Å². The molecule has 1 aliphatic carbocycles. The Morgan fingerprint density at radius 2 is 2.00 bits per heavy atom. The summed E-state index contributed by atoms with van der Waals surface area (Å²) in [7, 11) is 1.93. The second kappa shape index (κ2) is 7.66. The summed E-state index contributed by atoms with van der Waals surface area (Å²) < 4.78 is 0. The van der Waals surface area contributed by atoms with Crippen LogP contribution in [-0.2, 0) is 11.2 Å². The highest BCUT2D eigenvalue weighted by Crippen LogP contribution is 2.36. The number of nitrogens with zero attached hydrogens (tertiary/aromatic N) is 2. The third-order valence-electron chi connectivity index (χ3n) is 5.74. The molecule has 1 aromatic carbocycles. The maximum atomic E-state index is 12.5. The van der Waals surface area contributed by atoms with Gasteiger partial charge in [-0.3, -0.25) is 9.69 Å². The molecule has 0 bridgehead atoms. The van der Waals surface area contributed by atoms with Crippen LogP contribution in [0.4, 0.5) is 0 Å². The van der Waals surface area contributed by atoms with Crippen LogP contribution in [0, 0.1) is 5.92 Å². The number of hydrogen-bond acceptors (Lipinski definition) is 3. The van der Waals surface area contributed by atoms with Gasteiger partial charge in [0.05, 0.1) is 6.10 Å². The Labute approximate surface area is 145 Å². The van der Waals surface area contributed by atoms with Gasteiger partial charge in [-0.05, 0) is 49.9 Å². The molecule has 132 valence electrons. The van der Waals surface area contributed by atoms with Crippen molar-refractivity contribution in [3.63, 3.8) is 0 Å². The summed E-state index contributed by atoms with van der Waals surface area (Å²) in [6.07, 6.45) is 4.56. The zero-order valence-electron chi connectivity index (χ0n) is 14.9. The Kier molecular flexibility index (Phi) is 5.57. The Bertz CT molecular complexity index is 567. The maximum absolute atomic E-state index is 12.5. The summed E-state index contributed by atoms with van der Waals surface area (Å²) in [5.41, 5.74) is 2.35. The Morgan fingerprint density at radius 3 is 2.67 bits per heavy atom. The highest BCUT2D eigenvalue weighted by Gasteiger charge is 2.37. The van der Waals surface area contributed by atoms with Crippen molar-refractivity contribution in [3.8, 4) is 0 Å². The number of hydrogen-bond donors (Lipinski definition) is 1. The van der Waals surface area contributed by atoms with E-state index in [-0.39, 0.29) is 18.1 Å². The third kappa shape index (κ3) is 3.50. The smallest absolute Gasteiger partial charge is 0.225 e. The molecule has 1 amide bonds. The number of unbranched alkanes of at least 4 members (excludes halogenated alkanes) is 1. The summed E-state index contributed by atoms with van der Waals surface area (Å²) in [5.74, 6) is 0.461. The molecule has 0 saturated carbocycles. The molecule has 1 saturated heterocycles. The van der Waals surface area contributed by atoms with Crippen LogP contribution in [0.25, 0.3) is 0 Å². The van der Waals surface area contributed by atoms with Crippen molar-refractivity contribution in [2.24, 2.45) is 5.92 Å². The molecular formula is C20H30N2O2. The first-order chi connectivity index (χ1) is 11.6. The molecule has 4 heteroatoms.